The van der Waals surface area contributed by atoms with Crippen LogP contribution in [0.2, 0.25) is 0 Å². The molecule has 0 bridgehead atoms. The molecule has 7 heteroatoms. The zero-order valence-electron chi connectivity index (χ0n) is 10.3. The average molecular weight is 265 g/mol. The summed E-state index contributed by atoms with van der Waals surface area (Å²) in [6.07, 6.45) is 4.00. The minimum Gasteiger partial charge on any atom is -0.492 e. The van der Waals surface area contributed by atoms with Gasteiger partial charge in [0.1, 0.15) is 0 Å². The third kappa shape index (κ3) is 3.27. The average Bonchev–Trinajstić information content (AvgIpc) is 2.72. The minimum atomic E-state index is -0.560. The molecule has 2 aromatic rings. The molecule has 102 valence electrons. The first-order valence-electron chi connectivity index (χ1n) is 5.89. The SMILES string of the molecule is Nc1ncccc1OCCCCn1c(O)coc1=O. The van der Waals surface area contributed by atoms with Crippen molar-refractivity contribution < 1.29 is 14.3 Å². The molecular weight excluding hydrogens is 250 g/mol. The second kappa shape index (κ2) is 5.94. The molecule has 0 radical (unpaired) electrons. The van der Waals surface area contributed by atoms with Crippen molar-refractivity contribution in [1.82, 2.24) is 9.55 Å². The molecule has 0 fully saturated rings. The Morgan fingerprint density at radius 2 is 2.32 bits per heavy atom. The summed E-state index contributed by atoms with van der Waals surface area (Å²) < 4.78 is 11.2. The summed E-state index contributed by atoms with van der Waals surface area (Å²) in [7, 11) is 0. The summed E-state index contributed by atoms with van der Waals surface area (Å²) in [6, 6.07) is 3.49. The van der Waals surface area contributed by atoms with E-state index in [1.807, 2.05) is 0 Å². The van der Waals surface area contributed by atoms with Crippen LogP contribution in [0.5, 0.6) is 11.6 Å². The second-order valence-corrected chi connectivity index (χ2v) is 3.95. The highest BCUT2D eigenvalue weighted by molar-refractivity contribution is 5.44. The maximum absolute atomic E-state index is 11.2. The molecule has 0 aliphatic heterocycles. The fourth-order valence-electron chi connectivity index (χ4n) is 1.61. The van der Waals surface area contributed by atoms with E-state index in [1.165, 1.54) is 4.57 Å². The number of oxazole rings is 1. The minimum absolute atomic E-state index is 0.164. The van der Waals surface area contributed by atoms with Gasteiger partial charge in [-0.3, -0.25) is 0 Å². The number of rotatable bonds is 6. The Labute approximate surface area is 109 Å². The molecule has 2 heterocycles. The molecule has 7 nitrogen and oxygen atoms in total. The number of aromatic nitrogens is 2. The molecule has 0 saturated heterocycles. The zero-order chi connectivity index (χ0) is 13.7. The van der Waals surface area contributed by atoms with Crippen LogP contribution in [-0.2, 0) is 6.54 Å². The van der Waals surface area contributed by atoms with Gasteiger partial charge in [0.15, 0.2) is 17.8 Å². The van der Waals surface area contributed by atoms with Gasteiger partial charge in [-0.15, -0.1) is 0 Å². The Morgan fingerprint density at radius 1 is 1.47 bits per heavy atom. The van der Waals surface area contributed by atoms with Gasteiger partial charge in [-0.25, -0.2) is 14.3 Å². The summed E-state index contributed by atoms with van der Waals surface area (Å²) in [5.74, 6) is 0.175. The van der Waals surface area contributed by atoms with Gasteiger partial charge in [0.05, 0.1) is 6.61 Å². The monoisotopic (exact) mass is 265 g/mol. The lowest BCUT2D eigenvalue weighted by atomic mass is 10.3. The molecule has 19 heavy (non-hydrogen) atoms. The Bertz CT molecular complexity index is 591. The molecule has 0 aromatic carbocycles. The lowest BCUT2D eigenvalue weighted by Gasteiger charge is -2.07. The Balaban J connectivity index is 1.74. The molecule has 0 aliphatic rings. The lowest BCUT2D eigenvalue weighted by molar-refractivity contribution is 0.300. The van der Waals surface area contributed by atoms with Crippen molar-refractivity contribution in [3.63, 3.8) is 0 Å². The molecule has 0 atom stereocenters. The normalized spacial score (nSPS) is 10.5. The number of anilines is 1. The van der Waals surface area contributed by atoms with Crippen molar-refractivity contribution in [3.05, 3.63) is 35.1 Å². The molecule has 0 saturated carbocycles. The summed E-state index contributed by atoms with van der Waals surface area (Å²) >= 11 is 0. The fraction of sp³-hybridized carbons (Fsp3) is 0.333. The van der Waals surface area contributed by atoms with E-state index in [9.17, 15) is 9.90 Å². The number of aromatic hydroxyl groups is 1. The summed E-state index contributed by atoms with van der Waals surface area (Å²) in [6.45, 7) is 0.844. The molecule has 2 rings (SSSR count). The number of ether oxygens (including phenoxy) is 1. The molecule has 0 unspecified atom stereocenters. The second-order valence-electron chi connectivity index (χ2n) is 3.95. The maximum Gasteiger partial charge on any atom is 0.421 e. The van der Waals surface area contributed by atoms with Gasteiger partial charge in [0.25, 0.3) is 0 Å². The van der Waals surface area contributed by atoms with Crippen LogP contribution in [-0.4, -0.2) is 21.3 Å². The number of nitrogens with zero attached hydrogens (tertiary/aromatic N) is 2. The van der Waals surface area contributed by atoms with Crippen molar-refractivity contribution in [3.8, 4) is 11.6 Å². The van der Waals surface area contributed by atoms with Crippen LogP contribution < -0.4 is 16.2 Å². The number of nitrogens with two attached hydrogens (primary N) is 1. The first kappa shape index (κ1) is 13.0. The van der Waals surface area contributed by atoms with Crippen LogP contribution >= 0.6 is 0 Å². The van der Waals surface area contributed by atoms with E-state index in [-0.39, 0.29) is 5.88 Å². The fourth-order valence-corrected chi connectivity index (χ4v) is 1.61. The van der Waals surface area contributed by atoms with Crippen LogP contribution in [0.15, 0.2) is 33.8 Å². The number of hydrogen-bond donors (Lipinski definition) is 2. The van der Waals surface area contributed by atoms with Gasteiger partial charge in [0, 0.05) is 12.7 Å². The highest BCUT2D eigenvalue weighted by Gasteiger charge is 2.06. The van der Waals surface area contributed by atoms with Crippen molar-refractivity contribution in [2.24, 2.45) is 0 Å². The van der Waals surface area contributed by atoms with Gasteiger partial charge in [0.2, 0.25) is 5.88 Å². The highest BCUT2D eigenvalue weighted by Crippen LogP contribution is 2.17. The van der Waals surface area contributed by atoms with Crippen LogP contribution in [0.1, 0.15) is 12.8 Å². The van der Waals surface area contributed by atoms with Crippen molar-refractivity contribution >= 4 is 5.82 Å². The zero-order valence-corrected chi connectivity index (χ0v) is 10.3. The Hall–Kier alpha value is -2.44. The molecule has 0 aliphatic carbocycles. The maximum atomic E-state index is 11.2. The molecular formula is C12H15N3O4. The lowest BCUT2D eigenvalue weighted by Crippen LogP contribution is -2.14. The first-order chi connectivity index (χ1) is 9.18. The Morgan fingerprint density at radius 3 is 3.00 bits per heavy atom. The van der Waals surface area contributed by atoms with E-state index in [2.05, 4.69) is 9.40 Å². The predicted molar refractivity (Wildman–Crippen MR) is 68.0 cm³/mol. The van der Waals surface area contributed by atoms with Gasteiger partial charge in [-0.05, 0) is 25.0 Å². The van der Waals surface area contributed by atoms with Crippen LogP contribution in [0.4, 0.5) is 5.82 Å². The number of hydrogen-bond acceptors (Lipinski definition) is 6. The van der Waals surface area contributed by atoms with Crippen LogP contribution in [0.25, 0.3) is 0 Å². The van der Waals surface area contributed by atoms with Gasteiger partial charge in [-0.1, -0.05) is 0 Å². The smallest absolute Gasteiger partial charge is 0.421 e. The molecule has 0 amide bonds. The molecule has 2 aromatic heterocycles. The summed E-state index contributed by atoms with van der Waals surface area (Å²) in [4.78, 5) is 15.1. The third-order valence-electron chi connectivity index (χ3n) is 2.60. The first-order valence-corrected chi connectivity index (χ1v) is 5.89. The van der Waals surface area contributed by atoms with Gasteiger partial charge in [-0.2, -0.15) is 0 Å². The highest BCUT2D eigenvalue weighted by atomic mass is 16.5. The quantitative estimate of drug-likeness (QED) is 0.755. The van der Waals surface area contributed by atoms with Crippen LogP contribution in [0.3, 0.4) is 0 Å². The van der Waals surface area contributed by atoms with E-state index in [1.54, 1.807) is 18.3 Å². The van der Waals surface area contributed by atoms with E-state index < -0.39 is 5.76 Å². The topological polar surface area (TPSA) is 104 Å². The summed E-state index contributed by atoms with van der Waals surface area (Å²) in [5.41, 5.74) is 5.63. The van der Waals surface area contributed by atoms with E-state index >= 15 is 0 Å². The van der Waals surface area contributed by atoms with Gasteiger partial charge < -0.3 is 20.0 Å². The largest absolute Gasteiger partial charge is 0.492 e. The van der Waals surface area contributed by atoms with Crippen molar-refractivity contribution in [2.75, 3.05) is 12.3 Å². The molecule has 3 N–H and O–H groups in total. The van der Waals surface area contributed by atoms with E-state index in [4.69, 9.17) is 10.5 Å². The number of pyridine rings is 1. The Kier molecular flexibility index (Phi) is 4.07. The number of nitrogen functional groups attached to an aromatic ring is 1. The van der Waals surface area contributed by atoms with Gasteiger partial charge >= 0.3 is 5.76 Å². The van der Waals surface area contributed by atoms with Crippen molar-refractivity contribution in [2.45, 2.75) is 19.4 Å². The summed E-state index contributed by atoms with van der Waals surface area (Å²) in [5, 5.41) is 9.32. The molecule has 0 spiro atoms. The number of unbranched alkanes of at least 4 members (excludes halogenated alkanes) is 1. The standard InChI is InChI=1S/C12H15N3O4/c13-11-9(4-3-5-14-11)18-7-2-1-6-15-10(16)8-19-12(15)17/h3-5,8,16H,1-2,6-7H2,(H2,13,14). The van der Waals surface area contributed by atoms with Crippen LogP contribution in [0, 0.1) is 0 Å². The van der Waals surface area contributed by atoms with E-state index in [0.29, 0.717) is 37.6 Å². The third-order valence-corrected chi connectivity index (χ3v) is 2.60. The van der Waals surface area contributed by atoms with Crippen molar-refractivity contribution in [1.29, 1.82) is 0 Å². The predicted octanol–water partition coefficient (Wildman–Crippen LogP) is 0.983. The van der Waals surface area contributed by atoms with E-state index in [0.717, 1.165) is 6.26 Å².